The molecule has 0 aliphatic carbocycles. The predicted octanol–water partition coefficient (Wildman–Crippen LogP) is 3.76. The molecule has 0 radical (unpaired) electrons. The highest BCUT2D eigenvalue weighted by Gasteiger charge is 2.28. The molecule has 3 aliphatic heterocycles. The minimum atomic E-state index is -0.396. The van der Waals surface area contributed by atoms with Gasteiger partial charge in [-0.1, -0.05) is 0 Å². The maximum absolute atomic E-state index is 12.0. The fourth-order valence-corrected chi connectivity index (χ4v) is 4.68. The summed E-state index contributed by atoms with van der Waals surface area (Å²) in [6, 6.07) is 10.3. The Morgan fingerprint density at radius 2 is 2.03 bits per heavy atom. The molecule has 3 aliphatic rings. The average molecular weight is 474 g/mol. The summed E-state index contributed by atoms with van der Waals surface area (Å²) < 4.78 is 30.5. The molecule has 0 atom stereocenters. The van der Waals surface area contributed by atoms with Crippen molar-refractivity contribution in [2.45, 2.75) is 25.8 Å². The molecule has 35 heavy (non-hydrogen) atoms. The number of methoxy groups -OCH3 is 1. The van der Waals surface area contributed by atoms with E-state index in [2.05, 4.69) is 34.0 Å². The van der Waals surface area contributed by atoms with E-state index >= 15 is 0 Å². The second-order valence-electron chi connectivity index (χ2n) is 8.54. The Balaban J connectivity index is 1.23. The van der Waals surface area contributed by atoms with Gasteiger partial charge in [0.15, 0.2) is 35.7 Å². The van der Waals surface area contributed by atoms with Crippen LogP contribution in [0.2, 0.25) is 0 Å². The third kappa shape index (κ3) is 3.95. The Bertz CT molecular complexity index is 1390. The monoisotopic (exact) mass is 473 g/mol. The number of carbonyl (C=O) groups is 1. The number of allylic oxidation sites excluding steroid dienone is 1. The van der Waals surface area contributed by atoms with Crippen molar-refractivity contribution in [2.75, 3.05) is 27.1 Å². The van der Waals surface area contributed by atoms with Gasteiger partial charge in [-0.25, -0.2) is 4.79 Å². The number of aliphatic imine (C=N–C) groups is 1. The molecule has 3 aromatic rings. The zero-order valence-corrected chi connectivity index (χ0v) is 19.4. The summed E-state index contributed by atoms with van der Waals surface area (Å²) >= 11 is 0. The summed E-state index contributed by atoms with van der Waals surface area (Å²) in [6.07, 6.45) is 7.70. The zero-order valence-electron chi connectivity index (χ0n) is 19.4. The van der Waals surface area contributed by atoms with Crippen LogP contribution in [0.4, 0.5) is 0 Å². The van der Waals surface area contributed by atoms with Crippen LogP contribution in [0.25, 0.3) is 22.0 Å². The fourth-order valence-electron chi connectivity index (χ4n) is 4.68. The number of carbonyl (C=O) groups excluding carboxylic acids is 1. The van der Waals surface area contributed by atoms with E-state index in [1.165, 1.54) is 5.56 Å². The van der Waals surface area contributed by atoms with Gasteiger partial charge in [0.1, 0.15) is 5.70 Å². The van der Waals surface area contributed by atoms with Crippen molar-refractivity contribution in [3.63, 3.8) is 0 Å². The van der Waals surface area contributed by atoms with E-state index in [-0.39, 0.29) is 13.4 Å². The largest absolute Gasteiger partial charge is 0.493 e. The summed E-state index contributed by atoms with van der Waals surface area (Å²) in [7, 11) is 1.64. The lowest BCUT2D eigenvalue weighted by Crippen LogP contribution is -2.40. The number of benzene rings is 2. The molecule has 178 valence electrons. The quantitative estimate of drug-likeness (QED) is 0.295. The molecule has 0 spiro atoms. The van der Waals surface area contributed by atoms with Crippen molar-refractivity contribution >= 4 is 23.0 Å². The van der Waals surface area contributed by atoms with E-state index in [0.29, 0.717) is 36.6 Å². The molecule has 0 bridgehead atoms. The molecular weight excluding hydrogens is 448 g/mol. The summed E-state index contributed by atoms with van der Waals surface area (Å²) in [6.45, 7) is 1.76. The molecule has 4 heterocycles. The lowest BCUT2D eigenvalue weighted by Gasteiger charge is -2.18. The highest BCUT2D eigenvalue weighted by atomic mass is 16.7. The minimum absolute atomic E-state index is 0.260. The Morgan fingerprint density at radius 1 is 1.14 bits per heavy atom. The third-order valence-electron chi connectivity index (χ3n) is 6.42. The number of hydrogen-bond donors (Lipinski definition) is 0. The Hall–Kier alpha value is -4.07. The van der Waals surface area contributed by atoms with Crippen molar-refractivity contribution in [1.82, 2.24) is 0 Å². The van der Waals surface area contributed by atoms with Crippen LogP contribution in [-0.4, -0.2) is 39.3 Å². The number of rotatable bonds is 7. The third-order valence-corrected chi connectivity index (χ3v) is 6.42. The fraction of sp³-hybridized carbons (Fsp3) is 0.296. The lowest BCUT2D eigenvalue weighted by atomic mass is 9.95. The summed E-state index contributed by atoms with van der Waals surface area (Å²) in [5, 5.41) is 2.02. The van der Waals surface area contributed by atoms with E-state index in [0.717, 1.165) is 46.5 Å². The van der Waals surface area contributed by atoms with Crippen molar-refractivity contribution in [1.29, 1.82) is 0 Å². The van der Waals surface area contributed by atoms with Gasteiger partial charge in [-0.15, -0.1) is 0 Å². The van der Waals surface area contributed by atoms with Crippen LogP contribution in [-0.2, 0) is 22.5 Å². The maximum Gasteiger partial charge on any atom is 0.356 e. The molecular formula is C27H25N2O6+. The molecule has 8 heteroatoms. The van der Waals surface area contributed by atoms with Crippen LogP contribution in [0.3, 0.4) is 0 Å². The Labute approximate surface area is 202 Å². The molecule has 0 fully saturated rings. The number of ether oxygens (including phenoxy) is 5. The first-order valence-corrected chi connectivity index (χ1v) is 11.7. The van der Waals surface area contributed by atoms with Crippen LogP contribution in [0.5, 0.6) is 23.0 Å². The van der Waals surface area contributed by atoms with Gasteiger partial charge in [0.25, 0.3) is 0 Å². The average Bonchev–Trinajstić information content (AvgIpc) is 3.58. The van der Waals surface area contributed by atoms with Gasteiger partial charge in [-0.2, -0.15) is 4.57 Å². The smallest absolute Gasteiger partial charge is 0.356 e. The number of esters is 1. The van der Waals surface area contributed by atoms with Crippen LogP contribution in [0, 0.1) is 0 Å². The van der Waals surface area contributed by atoms with Gasteiger partial charge < -0.3 is 23.7 Å². The molecule has 0 saturated heterocycles. The molecule has 8 nitrogen and oxygen atoms in total. The summed E-state index contributed by atoms with van der Waals surface area (Å²) in [5.74, 6) is 2.56. The highest BCUT2D eigenvalue weighted by molar-refractivity contribution is 5.92. The topological polar surface area (TPSA) is 79.5 Å². The molecule has 2 aromatic carbocycles. The predicted molar refractivity (Wildman–Crippen MR) is 128 cm³/mol. The second-order valence-corrected chi connectivity index (χ2v) is 8.54. The van der Waals surface area contributed by atoms with Crippen molar-refractivity contribution in [2.24, 2.45) is 4.99 Å². The van der Waals surface area contributed by atoms with Gasteiger partial charge in [0, 0.05) is 31.5 Å². The van der Waals surface area contributed by atoms with E-state index in [1.54, 1.807) is 19.4 Å². The van der Waals surface area contributed by atoms with Gasteiger partial charge in [0.2, 0.25) is 12.5 Å². The van der Waals surface area contributed by atoms with E-state index in [1.807, 2.05) is 12.1 Å². The Kier molecular flexibility index (Phi) is 5.48. The van der Waals surface area contributed by atoms with Gasteiger partial charge >= 0.3 is 5.97 Å². The van der Waals surface area contributed by atoms with E-state index in [9.17, 15) is 4.79 Å². The second kappa shape index (κ2) is 8.94. The maximum atomic E-state index is 12.0. The molecule has 0 N–H and O–H groups in total. The van der Waals surface area contributed by atoms with Gasteiger partial charge in [-0.3, -0.25) is 4.99 Å². The zero-order chi connectivity index (χ0) is 23.8. The highest BCUT2D eigenvalue weighted by Crippen LogP contribution is 2.41. The van der Waals surface area contributed by atoms with Crippen molar-refractivity contribution < 1.29 is 33.0 Å². The first-order valence-electron chi connectivity index (χ1n) is 11.7. The number of hydrogen-bond acceptors (Lipinski definition) is 7. The van der Waals surface area contributed by atoms with E-state index in [4.69, 9.17) is 23.7 Å². The molecule has 0 saturated carbocycles. The standard InChI is InChI=1S/C27H25N2O6/c1-31-23-6-5-17-12-22-19-14-25-24(34-16-35-25)13-18(19)7-9-29(22)15-20(17)26(23)32-10-3-11-33-27(30)21-4-2-8-28-21/h4-6,8,12-15H,2-3,7,9-11,16H2,1H3/q+1. The summed E-state index contributed by atoms with van der Waals surface area (Å²) in [4.78, 5) is 16.0. The molecule has 0 amide bonds. The number of pyridine rings is 1. The normalized spacial score (nSPS) is 14.9. The minimum Gasteiger partial charge on any atom is -0.493 e. The van der Waals surface area contributed by atoms with Gasteiger partial charge in [-0.05, 0) is 41.3 Å². The number of nitrogens with zero attached hydrogens (tertiary/aromatic N) is 2. The van der Waals surface area contributed by atoms with Crippen molar-refractivity contribution in [3.05, 3.63) is 53.9 Å². The van der Waals surface area contributed by atoms with Crippen LogP contribution in [0.1, 0.15) is 18.4 Å². The van der Waals surface area contributed by atoms with E-state index < -0.39 is 5.97 Å². The first-order chi connectivity index (χ1) is 17.2. The summed E-state index contributed by atoms with van der Waals surface area (Å²) in [5.41, 5.74) is 3.91. The van der Waals surface area contributed by atoms with Crippen LogP contribution < -0.4 is 23.5 Å². The van der Waals surface area contributed by atoms with Crippen LogP contribution >= 0.6 is 0 Å². The number of aryl methyl sites for hydroxylation is 2. The Morgan fingerprint density at radius 3 is 2.86 bits per heavy atom. The first kappa shape index (κ1) is 21.5. The molecule has 0 unspecified atom stereocenters. The van der Waals surface area contributed by atoms with Crippen molar-refractivity contribution in [3.8, 4) is 34.3 Å². The van der Waals surface area contributed by atoms with Gasteiger partial charge in [0.05, 0.1) is 31.3 Å². The molecule has 1 aromatic heterocycles. The number of aromatic nitrogens is 1. The number of fused-ring (bicyclic) bond motifs is 5. The lowest BCUT2D eigenvalue weighted by molar-refractivity contribution is -0.686. The SMILES string of the molecule is COc1ccc2cc3[n+](cc2c1OCCCOC(=O)C1=CCC=N1)CCc1cc2c(cc1-3)OCO2. The molecule has 6 rings (SSSR count). The van der Waals surface area contributed by atoms with Crippen LogP contribution in [0.15, 0.2) is 53.3 Å².